The average Bonchev–Trinajstić information content (AvgIpc) is 2.83. The van der Waals surface area contributed by atoms with Gasteiger partial charge in [-0.1, -0.05) is 71.2 Å². The van der Waals surface area contributed by atoms with Crippen LogP contribution in [0.4, 0.5) is 0 Å². The lowest BCUT2D eigenvalue weighted by Crippen LogP contribution is -2.42. The number of nitrogens with zero attached hydrogens (tertiary/aromatic N) is 1. The Morgan fingerprint density at radius 2 is 1.71 bits per heavy atom. The number of rotatable bonds is 6. The molecule has 0 saturated carbocycles. The molecular weight excluding hydrogens is 467 g/mol. The molecule has 0 spiro atoms. The van der Waals surface area contributed by atoms with E-state index in [1.54, 1.807) is 12.1 Å². The molecule has 1 aliphatic carbocycles. The maximum atomic E-state index is 13.7. The number of amides is 2. The van der Waals surface area contributed by atoms with Crippen LogP contribution in [-0.4, -0.2) is 29.8 Å². The highest BCUT2D eigenvalue weighted by molar-refractivity contribution is 6.42. The Kier molecular flexibility index (Phi) is 8.12. The van der Waals surface area contributed by atoms with Crippen molar-refractivity contribution in [3.05, 3.63) is 93.1 Å². The first-order valence-corrected chi connectivity index (χ1v) is 12.6. The van der Waals surface area contributed by atoms with Gasteiger partial charge in [0.2, 0.25) is 11.8 Å². The molecule has 1 N–H and O–H groups in total. The predicted octanol–water partition coefficient (Wildman–Crippen LogP) is 6.41. The van der Waals surface area contributed by atoms with Gasteiger partial charge in [0.1, 0.15) is 0 Å². The van der Waals surface area contributed by atoms with E-state index in [0.29, 0.717) is 29.6 Å². The van der Waals surface area contributed by atoms with E-state index < -0.39 is 5.92 Å². The molecule has 2 amide bonds. The van der Waals surface area contributed by atoms with Crippen LogP contribution in [0.2, 0.25) is 10.0 Å². The van der Waals surface area contributed by atoms with Gasteiger partial charge in [0.05, 0.1) is 16.0 Å². The minimum atomic E-state index is -0.444. The number of hydrogen-bond donors (Lipinski definition) is 1. The lowest BCUT2D eigenvalue weighted by Gasteiger charge is -2.34. The number of carbonyl (C=O) groups is 2. The van der Waals surface area contributed by atoms with E-state index in [4.69, 9.17) is 23.2 Å². The lowest BCUT2D eigenvalue weighted by atomic mass is 9.87. The minimum absolute atomic E-state index is 0.0518. The number of allylic oxidation sites excluding steroid dienone is 3. The van der Waals surface area contributed by atoms with Gasteiger partial charge in [0, 0.05) is 25.2 Å². The van der Waals surface area contributed by atoms with Crippen LogP contribution in [0.15, 0.2) is 66.4 Å². The standard InChI is InChI=1S/C28H30Cl2N2O2/c1-19-7-9-21(10-8-19)27(22-11-12-24(29)25(30)18-22)28(34)32-15-13-20(14-16-32)17-26(33)31-23-5-3-2-4-6-23/h3,5-12,18,20,27H,2,4,13-17H2,1H3,(H,31,33). The molecule has 0 radical (unpaired) electrons. The molecule has 2 aromatic carbocycles. The smallest absolute Gasteiger partial charge is 0.234 e. The Labute approximate surface area is 211 Å². The summed E-state index contributed by atoms with van der Waals surface area (Å²) in [5.41, 5.74) is 3.80. The third-order valence-electron chi connectivity index (χ3n) is 6.61. The summed E-state index contributed by atoms with van der Waals surface area (Å²) in [7, 11) is 0. The van der Waals surface area contributed by atoms with E-state index >= 15 is 0 Å². The zero-order valence-electron chi connectivity index (χ0n) is 19.4. The summed E-state index contributed by atoms with van der Waals surface area (Å²) < 4.78 is 0. The largest absolute Gasteiger partial charge is 0.342 e. The topological polar surface area (TPSA) is 49.4 Å². The second-order valence-electron chi connectivity index (χ2n) is 9.18. The number of aryl methyl sites for hydroxylation is 1. The molecule has 178 valence electrons. The van der Waals surface area contributed by atoms with Gasteiger partial charge in [-0.15, -0.1) is 0 Å². The predicted molar refractivity (Wildman–Crippen MR) is 138 cm³/mol. The molecular formula is C28H30Cl2N2O2. The average molecular weight is 497 g/mol. The zero-order valence-corrected chi connectivity index (χ0v) is 20.9. The van der Waals surface area contributed by atoms with E-state index in [-0.39, 0.29) is 17.7 Å². The summed E-state index contributed by atoms with van der Waals surface area (Å²) >= 11 is 12.4. The third kappa shape index (κ3) is 6.11. The monoisotopic (exact) mass is 496 g/mol. The van der Waals surface area contributed by atoms with E-state index in [1.165, 1.54) is 0 Å². The van der Waals surface area contributed by atoms with Crippen LogP contribution in [0.3, 0.4) is 0 Å². The highest BCUT2D eigenvalue weighted by Gasteiger charge is 2.31. The van der Waals surface area contributed by atoms with Crippen molar-refractivity contribution in [2.75, 3.05) is 13.1 Å². The quantitative estimate of drug-likeness (QED) is 0.501. The number of likely N-dealkylation sites (tertiary alicyclic amines) is 1. The van der Waals surface area contributed by atoms with Crippen LogP contribution in [0.25, 0.3) is 0 Å². The maximum Gasteiger partial charge on any atom is 0.234 e. The van der Waals surface area contributed by atoms with Gasteiger partial charge in [-0.3, -0.25) is 9.59 Å². The SMILES string of the molecule is Cc1ccc(C(C(=O)N2CCC(CC(=O)NC3=CCCC=C3)CC2)c2ccc(Cl)c(Cl)c2)cc1. The van der Waals surface area contributed by atoms with Gasteiger partial charge < -0.3 is 10.2 Å². The molecule has 1 saturated heterocycles. The van der Waals surface area contributed by atoms with Crippen molar-refractivity contribution in [1.82, 2.24) is 10.2 Å². The summed E-state index contributed by atoms with van der Waals surface area (Å²) in [6, 6.07) is 13.5. The number of halogens is 2. The van der Waals surface area contributed by atoms with Crippen molar-refractivity contribution in [1.29, 1.82) is 0 Å². The van der Waals surface area contributed by atoms with Gasteiger partial charge in [-0.2, -0.15) is 0 Å². The second kappa shape index (κ2) is 11.2. The molecule has 1 atom stereocenters. The first kappa shape index (κ1) is 24.6. The fourth-order valence-electron chi connectivity index (χ4n) is 4.65. The molecule has 2 aliphatic rings. The van der Waals surface area contributed by atoms with Crippen molar-refractivity contribution in [2.24, 2.45) is 5.92 Å². The summed E-state index contributed by atoms with van der Waals surface area (Å²) in [6.45, 7) is 3.31. The first-order chi connectivity index (χ1) is 16.4. The Morgan fingerprint density at radius 3 is 2.35 bits per heavy atom. The molecule has 2 aromatic rings. The highest BCUT2D eigenvalue weighted by atomic mass is 35.5. The van der Waals surface area contributed by atoms with Crippen LogP contribution in [0.5, 0.6) is 0 Å². The highest BCUT2D eigenvalue weighted by Crippen LogP contribution is 2.33. The van der Waals surface area contributed by atoms with Crippen molar-refractivity contribution in [2.45, 2.75) is 44.9 Å². The molecule has 0 aromatic heterocycles. The molecule has 0 bridgehead atoms. The molecule has 1 aliphatic heterocycles. The first-order valence-electron chi connectivity index (χ1n) is 11.9. The fraction of sp³-hybridized carbons (Fsp3) is 0.357. The lowest BCUT2D eigenvalue weighted by molar-refractivity contribution is -0.133. The fourth-order valence-corrected chi connectivity index (χ4v) is 4.96. The zero-order chi connectivity index (χ0) is 24.1. The molecule has 1 heterocycles. The van der Waals surface area contributed by atoms with Crippen LogP contribution in [0.1, 0.15) is 54.7 Å². The number of piperidine rings is 1. The van der Waals surface area contributed by atoms with Crippen LogP contribution < -0.4 is 5.32 Å². The summed E-state index contributed by atoms with van der Waals surface area (Å²) in [5.74, 6) is -0.0566. The normalized spacial score (nSPS) is 17.3. The summed E-state index contributed by atoms with van der Waals surface area (Å²) in [4.78, 5) is 28.1. The van der Waals surface area contributed by atoms with E-state index in [9.17, 15) is 9.59 Å². The second-order valence-corrected chi connectivity index (χ2v) is 9.99. The Bertz CT molecular complexity index is 1100. The third-order valence-corrected chi connectivity index (χ3v) is 7.35. The van der Waals surface area contributed by atoms with Gasteiger partial charge in [-0.25, -0.2) is 0 Å². The summed E-state index contributed by atoms with van der Waals surface area (Å²) in [5, 5.41) is 3.92. The molecule has 4 nitrogen and oxygen atoms in total. The molecule has 6 heteroatoms. The van der Waals surface area contributed by atoms with E-state index in [2.05, 4.69) is 17.5 Å². The van der Waals surface area contributed by atoms with Gasteiger partial charge >= 0.3 is 0 Å². The van der Waals surface area contributed by atoms with Gasteiger partial charge in [0.15, 0.2) is 0 Å². The minimum Gasteiger partial charge on any atom is -0.342 e. The molecule has 1 unspecified atom stereocenters. The Morgan fingerprint density at radius 1 is 1.00 bits per heavy atom. The van der Waals surface area contributed by atoms with Crippen molar-refractivity contribution in [3.63, 3.8) is 0 Å². The number of carbonyl (C=O) groups excluding carboxylic acids is 2. The van der Waals surface area contributed by atoms with Gasteiger partial charge in [-0.05, 0) is 67.9 Å². The summed E-state index contributed by atoms with van der Waals surface area (Å²) in [6.07, 6.45) is 10.2. The molecule has 4 rings (SSSR count). The Balaban J connectivity index is 1.42. The number of benzene rings is 2. The number of nitrogens with one attached hydrogen (secondary N) is 1. The van der Waals surface area contributed by atoms with Gasteiger partial charge in [0.25, 0.3) is 0 Å². The van der Waals surface area contributed by atoms with Crippen molar-refractivity contribution in [3.8, 4) is 0 Å². The number of hydrogen-bond acceptors (Lipinski definition) is 2. The van der Waals surface area contributed by atoms with Crippen LogP contribution in [-0.2, 0) is 9.59 Å². The van der Waals surface area contributed by atoms with E-state index in [1.807, 2.05) is 48.2 Å². The van der Waals surface area contributed by atoms with Crippen LogP contribution >= 0.6 is 23.2 Å². The van der Waals surface area contributed by atoms with E-state index in [0.717, 1.165) is 48.1 Å². The van der Waals surface area contributed by atoms with Crippen molar-refractivity contribution >= 4 is 35.0 Å². The van der Waals surface area contributed by atoms with Crippen molar-refractivity contribution < 1.29 is 9.59 Å². The van der Waals surface area contributed by atoms with Crippen LogP contribution in [0, 0.1) is 12.8 Å². The maximum absolute atomic E-state index is 13.7. The Hall–Kier alpha value is -2.56. The molecule has 1 fully saturated rings. The molecule has 34 heavy (non-hydrogen) atoms.